The molecule has 0 aliphatic heterocycles. The quantitative estimate of drug-likeness (QED) is 0.799. The minimum atomic E-state index is -2.54. The smallest absolute Gasteiger partial charge is 0.263 e. The van der Waals surface area contributed by atoms with Gasteiger partial charge in [-0.05, 0) is 18.6 Å². The molecule has 0 bridgehead atoms. The van der Waals surface area contributed by atoms with E-state index in [1.165, 1.54) is 18.2 Å². The summed E-state index contributed by atoms with van der Waals surface area (Å²) in [6.45, 7) is 1.72. The highest BCUT2D eigenvalue weighted by Crippen LogP contribution is 2.24. The van der Waals surface area contributed by atoms with Crippen molar-refractivity contribution in [2.24, 2.45) is 0 Å². The second-order valence-electron chi connectivity index (χ2n) is 3.06. The van der Waals surface area contributed by atoms with E-state index in [1.807, 2.05) is 0 Å². The second kappa shape index (κ2) is 5.07. The van der Waals surface area contributed by atoms with Crippen LogP contribution in [0, 0.1) is 6.92 Å². The highest BCUT2D eigenvalue weighted by atomic mass is 35.5. The van der Waals surface area contributed by atoms with Gasteiger partial charge in [0.2, 0.25) is 5.91 Å². The largest absolute Gasteiger partial charge is 0.325 e. The zero-order chi connectivity index (χ0) is 11.4. The molecule has 0 saturated carbocycles. The van der Waals surface area contributed by atoms with Gasteiger partial charge in [0.1, 0.15) is 5.88 Å². The molecule has 1 N–H and O–H groups in total. The first-order valence-corrected chi connectivity index (χ1v) is 4.82. The molecule has 0 unspecified atom stereocenters. The fourth-order valence-electron chi connectivity index (χ4n) is 1.09. The maximum atomic E-state index is 12.4. The van der Waals surface area contributed by atoms with E-state index >= 15 is 0 Å². The van der Waals surface area contributed by atoms with Crippen molar-refractivity contribution in [1.29, 1.82) is 0 Å². The maximum absolute atomic E-state index is 12.4. The van der Waals surface area contributed by atoms with Crippen molar-refractivity contribution >= 4 is 23.2 Å². The third-order valence-corrected chi connectivity index (χ3v) is 2.15. The Balaban J connectivity index is 2.95. The van der Waals surface area contributed by atoms with Crippen LogP contribution in [0.15, 0.2) is 18.2 Å². The van der Waals surface area contributed by atoms with Gasteiger partial charge in [-0.2, -0.15) is 0 Å². The highest BCUT2D eigenvalue weighted by molar-refractivity contribution is 6.29. The fourth-order valence-corrected chi connectivity index (χ4v) is 1.16. The molecule has 0 spiro atoms. The predicted molar refractivity (Wildman–Crippen MR) is 55.5 cm³/mol. The maximum Gasteiger partial charge on any atom is 0.263 e. The standard InChI is InChI=1S/C10H10ClF2NO/c1-6-2-3-7(10(12)13)4-8(6)14-9(15)5-11/h2-4,10H,5H2,1H3,(H,14,15). The van der Waals surface area contributed by atoms with Crippen molar-refractivity contribution in [2.75, 3.05) is 11.2 Å². The summed E-state index contributed by atoms with van der Waals surface area (Å²) in [4.78, 5) is 11.0. The summed E-state index contributed by atoms with van der Waals surface area (Å²) in [5.41, 5.74) is 0.974. The first-order valence-electron chi connectivity index (χ1n) is 4.29. The van der Waals surface area contributed by atoms with Crippen molar-refractivity contribution in [3.05, 3.63) is 29.3 Å². The third-order valence-electron chi connectivity index (χ3n) is 1.91. The molecule has 0 aliphatic carbocycles. The van der Waals surface area contributed by atoms with Gasteiger partial charge >= 0.3 is 0 Å². The van der Waals surface area contributed by atoms with Crippen molar-refractivity contribution in [2.45, 2.75) is 13.3 Å². The molecule has 1 rings (SSSR count). The van der Waals surface area contributed by atoms with E-state index in [0.717, 1.165) is 5.56 Å². The number of nitrogens with one attached hydrogen (secondary N) is 1. The lowest BCUT2D eigenvalue weighted by atomic mass is 10.1. The number of amides is 1. The van der Waals surface area contributed by atoms with Crippen LogP contribution in [0.4, 0.5) is 14.5 Å². The van der Waals surface area contributed by atoms with Gasteiger partial charge in [0.05, 0.1) is 0 Å². The fraction of sp³-hybridized carbons (Fsp3) is 0.300. The number of carbonyl (C=O) groups is 1. The molecule has 15 heavy (non-hydrogen) atoms. The average molecular weight is 234 g/mol. The number of alkyl halides is 3. The molecule has 82 valence electrons. The molecular formula is C10H10ClF2NO. The van der Waals surface area contributed by atoms with Crippen LogP contribution < -0.4 is 5.32 Å². The molecule has 1 aromatic carbocycles. The Labute approximate surface area is 91.2 Å². The Morgan fingerprint density at radius 3 is 2.73 bits per heavy atom. The molecule has 0 atom stereocenters. The topological polar surface area (TPSA) is 29.1 Å². The van der Waals surface area contributed by atoms with Crippen LogP contribution in [0.1, 0.15) is 17.6 Å². The highest BCUT2D eigenvalue weighted by Gasteiger charge is 2.10. The monoisotopic (exact) mass is 233 g/mol. The van der Waals surface area contributed by atoms with Crippen molar-refractivity contribution in [1.82, 2.24) is 0 Å². The van der Waals surface area contributed by atoms with Gasteiger partial charge in [0.15, 0.2) is 0 Å². The molecule has 0 aromatic heterocycles. The summed E-state index contributed by atoms with van der Waals surface area (Å²) in [5.74, 6) is -0.607. The van der Waals surface area contributed by atoms with Crippen molar-refractivity contribution in [3.8, 4) is 0 Å². The molecule has 2 nitrogen and oxygen atoms in total. The first-order chi connectivity index (χ1) is 7.04. The molecule has 5 heteroatoms. The van der Waals surface area contributed by atoms with E-state index in [9.17, 15) is 13.6 Å². The molecule has 1 aromatic rings. The number of hydrogen-bond acceptors (Lipinski definition) is 1. The van der Waals surface area contributed by atoms with Crippen molar-refractivity contribution in [3.63, 3.8) is 0 Å². The van der Waals surface area contributed by atoms with Crippen LogP contribution in [-0.2, 0) is 4.79 Å². The van der Waals surface area contributed by atoms with E-state index in [-0.39, 0.29) is 11.4 Å². The summed E-state index contributed by atoms with van der Waals surface area (Å²) < 4.78 is 24.7. The summed E-state index contributed by atoms with van der Waals surface area (Å²) >= 11 is 5.30. The van der Waals surface area contributed by atoms with Gasteiger partial charge in [-0.15, -0.1) is 11.6 Å². The van der Waals surface area contributed by atoms with Crippen LogP contribution in [0.25, 0.3) is 0 Å². The molecule has 0 saturated heterocycles. The molecule has 1 amide bonds. The summed E-state index contributed by atoms with van der Waals surface area (Å²) in [6, 6.07) is 4.12. The van der Waals surface area contributed by atoms with Gasteiger partial charge < -0.3 is 5.32 Å². The average Bonchev–Trinajstić information content (AvgIpc) is 2.20. The number of aryl methyl sites for hydroxylation is 1. The van der Waals surface area contributed by atoms with Crippen LogP contribution in [0.2, 0.25) is 0 Å². The van der Waals surface area contributed by atoms with Gasteiger partial charge in [0.25, 0.3) is 6.43 Å². The summed E-state index contributed by atoms with van der Waals surface area (Å²) in [6.07, 6.45) is -2.54. The van der Waals surface area contributed by atoms with Crippen LogP contribution in [0.5, 0.6) is 0 Å². The molecule has 0 fully saturated rings. The Hall–Kier alpha value is -1.16. The van der Waals surface area contributed by atoms with Crippen molar-refractivity contribution < 1.29 is 13.6 Å². The van der Waals surface area contributed by atoms with Crippen LogP contribution >= 0.6 is 11.6 Å². The van der Waals surface area contributed by atoms with Gasteiger partial charge in [-0.25, -0.2) is 8.78 Å². The zero-order valence-corrected chi connectivity index (χ0v) is 8.81. The molecule has 0 radical (unpaired) electrons. The predicted octanol–water partition coefficient (Wildman–Crippen LogP) is 3.11. The lowest BCUT2D eigenvalue weighted by molar-refractivity contribution is -0.113. The normalized spacial score (nSPS) is 10.5. The zero-order valence-electron chi connectivity index (χ0n) is 8.06. The first kappa shape index (κ1) is 11.9. The minimum absolute atomic E-state index is 0.120. The van der Waals surface area contributed by atoms with Crippen LogP contribution in [0.3, 0.4) is 0 Å². The lowest BCUT2D eigenvalue weighted by Gasteiger charge is -2.09. The Kier molecular flexibility index (Phi) is 4.03. The molecule has 0 aliphatic rings. The Morgan fingerprint density at radius 2 is 2.20 bits per heavy atom. The number of anilines is 1. The number of hydrogen-bond donors (Lipinski definition) is 1. The Bertz CT molecular complexity index is 368. The van der Waals surface area contributed by atoms with E-state index < -0.39 is 12.3 Å². The molecular weight excluding hydrogens is 224 g/mol. The lowest BCUT2D eigenvalue weighted by Crippen LogP contribution is -2.13. The number of halogens is 3. The van der Waals surface area contributed by atoms with E-state index in [4.69, 9.17) is 11.6 Å². The van der Waals surface area contributed by atoms with E-state index in [0.29, 0.717) is 5.69 Å². The summed E-state index contributed by atoms with van der Waals surface area (Å²) in [7, 11) is 0. The number of benzene rings is 1. The van der Waals surface area contributed by atoms with Crippen LogP contribution in [-0.4, -0.2) is 11.8 Å². The molecule has 0 heterocycles. The number of carbonyl (C=O) groups excluding carboxylic acids is 1. The number of rotatable bonds is 3. The summed E-state index contributed by atoms with van der Waals surface area (Å²) in [5, 5.41) is 2.45. The van der Waals surface area contributed by atoms with Gasteiger partial charge in [-0.1, -0.05) is 12.1 Å². The van der Waals surface area contributed by atoms with E-state index in [2.05, 4.69) is 5.32 Å². The minimum Gasteiger partial charge on any atom is -0.325 e. The third kappa shape index (κ3) is 3.16. The van der Waals surface area contributed by atoms with Gasteiger partial charge in [0, 0.05) is 11.3 Å². The van der Waals surface area contributed by atoms with E-state index in [1.54, 1.807) is 6.92 Å². The second-order valence-corrected chi connectivity index (χ2v) is 3.32. The van der Waals surface area contributed by atoms with Gasteiger partial charge in [-0.3, -0.25) is 4.79 Å². The SMILES string of the molecule is Cc1ccc(C(F)F)cc1NC(=O)CCl. The Morgan fingerprint density at radius 1 is 1.53 bits per heavy atom.